The van der Waals surface area contributed by atoms with E-state index in [9.17, 15) is 5.11 Å². The summed E-state index contributed by atoms with van der Waals surface area (Å²) in [7, 11) is 1.46. The molecule has 1 aromatic rings. The molecule has 0 fully saturated rings. The van der Waals surface area contributed by atoms with Gasteiger partial charge in [0.05, 0.1) is 29.1 Å². The molecule has 0 radical (unpaired) electrons. The number of benzene rings is 1. The molecule has 1 N–H and O–H groups in total. The van der Waals surface area contributed by atoms with Crippen LogP contribution in [0.25, 0.3) is 0 Å². The lowest BCUT2D eigenvalue weighted by molar-refractivity contribution is -0.0322. The third-order valence-corrected chi connectivity index (χ3v) is 2.95. The molecular weight excluding hydrogens is 249 g/mol. The van der Waals surface area contributed by atoms with E-state index in [1.54, 1.807) is 18.2 Å². The van der Waals surface area contributed by atoms with E-state index in [2.05, 4.69) is 0 Å². The minimum atomic E-state index is -1.35. The zero-order chi connectivity index (χ0) is 12.2. The predicted octanol–water partition coefficient (Wildman–Crippen LogP) is 2.74. The zero-order valence-corrected chi connectivity index (χ0v) is 10.2. The summed E-state index contributed by atoms with van der Waals surface area (Å²) in [6, 6.07) is 6.67. The van der Waals surface area contributed by atoms with Crippen LogP contribution in [-0.4, -0.2) is 18.8 Å². The maximum Gasteiger partial charge on any atom is 0.126 e. The lowest BCUT2D eigenvalue weighted by Gasteiger charge is -2.25. The first-order valence-electron chi connectivity index (χ1n) is 4.57. The van der Waals surface area contributed by atoms with E-state index < -0.39 is 5.60 Å². The molecule has 0 aliphatic carbocycles. The number of nitriles is 1. The Bertz CT molecular complexity index is 417. The van der Waals surface area contributed by atoms with Gasteiger partial charge < -0.3 is 9.84 Å². The Kier molecular flexibility index (Phi) is 4.57. The monoisotopic (exact) mass is 259 g/mol. The van der Waals surface area contributed by atoms with E-state index in [-0.39, 0.29) is 13.0 Å². The van der Waals surface area contributed by atoms with Crippen molar-refractivity contribution < 1.29 is 9.84 Å². The molecule has 16 heavy (non-hydrogen) atoms. The fourth-order valence-electron chi connectivity index (χ4n) is 1.39. The first kappa shape index (κ1) is 13.3. The van der Waals surface area contributed by atoms with Gasteiger partial charge in [-0.15, -0.1) is 0 Å². The summed E-state index contributed by atoms with van der Waals surface area (Å²) in [6.45, 7) is 0.0263. The van der Waals surface area contributed by atoms with Gasteiger partial charge in [-0.25, -0.2) is 0 Å². The Labute approximate surface area is 104 Å². The van der Waals surface area contributed by atoms with Gasteiger partial charge in [0.25, 0.3) is 0 Å². The average Bonchev–Trinajstić information content (AvgIpc) is 2.22. The van der Waals surface area contributed by atoms with Crippen LogP contribution in [0.4, 0.5) is 0 Å². The smallest absolute Gasteiger partial charge is 0.126 e. The summed E-state index contributed by atoms with van der Waals surface area (Å²) < 4.78 is 4.91. The Morgan fingerprint density at radius 2 is 2.12 bits per heavy atom. The third-order valence-electron chi connectivity index (χ3n) is 2.21. The van der Waals surface area contributed by atoms with Gasteiger partial charge in [0.1, 0.15) is 5.60 Å². The van der Waals surface area contributed by atoms with Crippen LogP contribution in [0.5, 0.6) is 0 Å². The molecule has 0 amide bonds. The molecule has 5 heteroatoms. The van der Waals surface area contributed by atoms with Gasteiger partial charge in [-0.2, -0.15) is 5.26 Å². The van der Waals surface area contributed by atoms with E-state index in [4.69, 9.17) is 33.2 Å². The summed E-state index contributed by atoms with van der Waals surface area (Å²) >= 11 is 11.6. The summed E-state index contributed by atoms with van der Waals surface area (Å²) in [5.74, 6) is 0. The quantitative estimate of drug-likeness (QED) is 0.905. The molecule has 0 saturated heterocycles. The molecule has 0 aliphatic heterocycles. The van der Waals surface area contributed by atoms with Crippen LogP contribution in [-0.2, 0) is 10.3 Å². The lowest BCUT2D eigenvalue weighted by atomic mass is 9.92. The molecule has 0 saturated carbocycles. The van der Waals surface area contributed by atoms with Gasteiger partial charge in [-0.1, -0.05) is 29.3 Å². The summed E-state index contributed by atoms with van der Waals surface area (Å²) in [4.78, 5) is 0. The number of hydrogen-bond donors (Lipinski definition) is 1. The lowest BCUT2D eigenvalue weighted by Crippen LogP contribution is -2.30. The minimum absolute atomic E-state index is 0.0263. The van der Waals surface area contributed by atoms with Gasteiger partial charge >= 0.3 is 0 Å². The number of nitrogens with zero attached hydrogens (tertiary/aromatic N) is 1. The van der Waals surface area contributed by atoms with E-state index in [1.807, 2.05) is 6.07 Å². The number of ether oxygens (including phenoxy) is 1. The largest absolute Gasteiger partial charge is 0.382 e. The van der Waals surface area contributed by atoms with Crippen molar-refractivity contribution in [2.45, 2.75) is 12.0 Å². The molecule has 0 aromatic heterocycles. The van der Waals surface area contributed by atoms with Crippen molar-refractivity contribution in [1.82, 2.24) is 0 Å². The highest BCUT2D eigenvalue weighted by atomic mass is 35.5. The van der Waals surface area contributed by atoms with E-state index >= 15 is 0 Å². The third kappa shape index (κ3) is 2.87. The Hall–Kier alpha value is -0.790. The maximum atomic E-state index is 10.2. The summed E-state index contributed by atoms with van der Waals surface area (Å²) in [6.07, 6.45) is -0.0706. The van der Waals surface area contributed by atoms with Crippen LogP contribution >= 0.6 is 23.2 Å². The van der Waals surface area contributed by atoms with Crippen molar-refractivity contribution in [2.75, 3.05) is 13.7 Å². The van der Waals surface area contributed by atoms with Gasteiger partial charge in [0, 0.05) is 7.11 Å². The first-order chi connectivity index (χ1) is 7.53. The van der Waals surface area contributed by atoms with Crippen molar-refractivity contribution >= 4 is 23.2 Å². The Morgan fingerprint density at radius 1 is 1.44 bits per heavy atom. The van der Waals surface area contributed by atoms with Gasteiger partial charge in [-0.3, -0.25) is 0 Å². The second-order valence-corrected chi connectivity index (χ2v) is 4.24. The summed E-state index contributed by atoms with van der Waals surface area (Å²) in [5, 5.41) is 19.7. The fraction of sp³-hybridized carbons (Fsp3) is 0.364. The molecule has 86 valence electrons. The molecule has 0 spiro atoms. The van der Waals surface area contributed by atoms with Crippen LogP contribution in [0, 0.1) is 11.3 Å². The molecular formula is C11H11Cl2NO2. The van der Waals surface area contributed by atoms with Crippen molar-refractivity contribution in [3.63, 3.8) is 0 Å². The number of methoxy groups -OCH3 is 1. The van der Waals surface area contributed by atoms with Crippen LogP contribution in [0.3, 0.4) is 0 Å². The van der Waals surface area contributed by atoms with Crippen molar-refractivity contribution in [3.05, 3.63) is 33.8 Å². The SMILES string of the molecule is COC[C@](O)(CC#N)c1ccc(Cl)c(Cl)c1. The number of hydrogen-bond acceptors (Lipinski definition) is 3. The first-order valence-corrected chi connectivity index (χ1v) is 5.33. The highest BCUT2D eigenvalue weighted by Crippen LogP contribution is 2.30. The normalized spacial score (nSPS) is 14.2. The highest BCUT2D eigenvalue weighted by molar-refractivity contribution is 6.42. The molecule has 0 unspecified atom stereocenters. The molecule has 0 heterocycles. The summed E-state index contributed by atoms with van der Waals surface area (Å²) in [5.41, 5.74) is -0.831. The molecule has 1 aromatic carbocycles. The zero-order valence-electron chi connectivity index (χ0n) is 8.70. The van der Waals surface area contributed by atoms with Crippen molar-refractivity contribution in [2.24, 2.45) is 0 Å². The van der Waals surface area contributed by atoms with Gasteiger partial charge in [0.15, 0.2) is 0 Å². The van der Waals surface area contributed by atoms with Crippen molar-refractivity contribution in [3.8, 4) is 6.07 Å². The number of rotatable bonds is 4. The Morgan fingerprint density at radius 3 is 2.62 bits per heavy atom. The molecule has 0 aliphatic rings. The van der Waals surface area contributed by atoms with E-state index in [0.29, 0.717) is 15.6 Å². The molecule has 1 atom stereocenters. The minimum Gasteiger partial charge on any atom is -0.382 e. The highest BCUT2D eigenvalue weighted by Gasteiger charge is 2.29. The van der Waals surface area contributed by atoms with E-state index in [0.717, 1.165) is 0 Å². The van der Waals surface area contributed by atoms with Gasteiger partial charge in [0.2, 0.25) is 0 Å². The fourth-order valence-corrected chi connectivity index (χ4v) is 1.69. The average molecular weight is 260 g/mol. The van der Waals surface area contributed by atoms with Crippen LogP contribution in [0.15, 0.2) is 18.2 Å². The standard InChI is InChI=1S/C11H11Cl2NO2/c1-16-7-11(15,4-5-14)8-2-3-9(12)10(13)6-8/h2-3,6,15H,4,7H2,1H3/t11-/m1/s1. The molecule has 1 rings (SSSR count). The predicted molar refractivity (Wildman–Crippen MR) is 62.5 cm³/mol. The van der Waals surface area contributed by atoms with E-state index in [1.165, 1.54) is 7.11 Å². The van der Waals surface area contributed by atoms with Crippen LogP contribution < -0.4 is 0 Å². The number of aliphatic hydroxyl groups is 1. The molecule has 3 nitrogen and oxygen atoms in total. The van der Waals surface area contributed by atoms with Crippen LogP contribution in [0.1, 0.15) is 12.0 Å². The number of halogens is 2. The maximum absolute atomic E-state index is 10.2. The van der Waals surface area contributed by atoms with Crippen LogP contribution in [0.2, 0.25) is 10.0 Å². The topological polar surface area (TPSA) is 53.2 Å². The van der Waals surface area contributed by atoms with Gasteiger partial charge in [-0.05, 0) is 17.7 Å². The Balaban J connectivity index is 3.11. The van der Waals surface area contributed by atoms with Crippen molar-refractivity contribution in [1.29, 1.82) is 5.26 Å². The molecule has 0 bridgehead atoms. The second kappa shape index (κ2) is 5.51. The second-order valence-electron chi connectivity index (χ2n) is 3.43.